The highest BCUT2D eigenvalue weighted by Gasteiger charge is 2.17. The van der Waals surface area contributed by atoms with Crippen molar-refractivity contribution in [2.75, 3.05) is 21.3 Å². The zero-order valence-electron chi connectivity index (χ0n) is 12.2. The Bertz CT molecular complexity index is 588. The number of benzene rings is 2. The fourth-order valence-electron chi connectivity index (χ4n) is 2.14. The summed E-state index contributed by atoms with van der Waals surface area (Å²) in [7, 11) is 4.73. The van der Waals surface area contributed by atoms with E-state index in [-0.39, 0.29) is 6.04 Å². The second-order valence-corrected chi connectivity index (χ2v) is 4.92. The molecule has 0 heterocycles. The molecule has 1 unspecified atom stereocenters. The van der Waals surface area contributed by atoms with Crippen molar-refractivity contribution in [3.63, 3.8) is 0 Å². The van der Waals surface area contributed by atoms with Crippen LogP contribution in [0.2, 0.25) is 5.02 Å². The van der Waals surface area contributed by atoms with Crippen LogP contribution in [0, 0.1) is 0 Å². The Kier molecular flexibility index (Phi) is 4.94. The lowest BCUT2D eigenvalue weighted by molar-refractivity contribution is 0.323. The molecule has 0 saturated carbocycles. The number of nitrogens with two attached hydrogens (primary N) is 1. The molecule has 21 heavy (non-hydrogen) atoms. The molecule has 1 atom stereocenters. The molecule has 0 fully saturated rings. The van der Waals surface area contributed by atoms with Crippen LogP contribution in [0.15, 0.2) is 36.4 Å². The Balaban J connectivity index is 2.45. The van der Waals surface area contributed by atoms with Crippen molar-refractivity contribution in [3.05, 3.63) is 52.5 Å². The molecule has 0 aliphatic heterocycles. The SMILES string of the molecule is COc1cc(C(N)c2ccc(Cl)cc2)cc(OC)c1OC. The average molecular weight is 308 g/mol. The van der Waals surface area contributed by atoms with Crippen molar-refractivity contribution < 1.29 is 14.2 Å². The largest absolute Gasteiger partial charge is 0.493 e. The van der Waals surface area contributed by atoms with E-state index in [1.807, 2.05) is 36.4 Å². The Morgan fingerprint density at radius 3 is 1.81 bits per heavy atom. The zero-order chi connectivity index (χ0) is 15.4. The molecule has 0 amide bonds. The summed E-state index contributed by atoms with van der Waals surface area (Å²) in [5.74, 6) is 1.71. The molecule has 2 N–H and O–H groups in total. The normalized spacial score (nSPS) is 11.9. The Hall–Kier alpha value is -1.91. The van der Waals surface area contributed by atoms with E-state index >= 15 is 0 Å². The van der Waals surface area contributed by atoms with Crippen LogP contribution in [0.1, 0.15) is 17.2 Å². The summed E-state index contributed by atoms with van der Waals surface area (Å²) < 4.78 is 16.0. The molecular formula is C16H18ClNO3. The second-order valence-electron chi connectivity index (χ2n) is 4.49. The number of hydrogen-bond donors (Lipinski definition) is 1. The number of methoxy groups -OCH3 is 3. The third-order valence-corrected chi connectivity index (χ3v) is 3.53. The van der Waals surface area contributed by atoms with E-state index in [0.717, 1.165) is 11.1 Å². The van der Waals surface area contributed by atoms with Crippen LogP contribution in [0.5, 0.6) is 17.2 Å². The Morgan fingerprint density at radius 2 is 1.38 bits per heavy atom. The van der Waals surface area contributed by atoms with E-state index < -0.39 is 0 Å². The van der Waals surface area contributed by atoms with Gasteiger partial charge in [0.25, 0.3) is 0 Å². The standard InChI is InChI=1S/C16H18ClNO3/c1-19-13-8-11(9-14(20-2)16(13)21-3)15(18)10-4-6-12(17)7-5-10/h4-9,15H,18H2,1-3H3. The van der Waals surface area contributed by atoms with Gasteiger partial charge in [0, 0.05) is 5.02 Å². The van der Waals surface area contributed by atoms with Gasteiger partial charge in [0.05, 0.1) is 27.4 Å². The molecule has 2 rings (SSSR count). The molecule has 0 bridgehead atoms. The smallest absolute Gasteiger partial charge is 0.203 e. The van der Waals surface area contributed by atoms with Gasteiger partial charge in [-0.15, -0.1) is 0 Å². The van der Waals surface area contributed by atoms with Crippen LogP contribution in [0.4, 0.5) is 0 Å². The molecule has 4 nitrogen and oxygen atoms in total. The minimum Gasteiger partial charge on any atom is -0.493 e. The number of halogens is 1. The summed E-state index contributed by atoms with van der Waals surface area (Å²) in [5.41, 5.74) is 8.13. The molecule has 0 aliphatic carbocycles. The molecule has 0 radical (unpaired) electrons. The maximum Gasteiger partial charge on any atom is 0.203 e. The van der Waals surface area contributed by atoms with Gasteiger partial charge in [-0.3, -0.25) is 0 Å². The summed E-state index contributed by atoms with van der Waals surface area (Å²) in [4.78, 5) is 0. The lowest BCUT2D eigenvalue weighted by Crippen LogP contribution is -2.12. The van der Waals surface area contributed by atoms with Gasteiger partial charge in [-0.25, -0.2) is 0 Å². The lowest BCUT2D eigenvalue weighted by Gasteiger charge is -2.18. The van der Waals surface area contributed by atoms with Crippen molar-refractivity contribution >= 4 is 11.6 Å². The first-order chi connectivity index (χ1) is 10.1. The summed E-state index contributed by atoms with van der Waals surface area (Å²) >= 11 is 5.90. The summed E-state index contributed by atoms with van der Waals surface area (Å²) in [5, 5.41) is 0.677. The van der Waals surface area contributed by atoms with Gasteiger partial charge < -0.3 is 19.9 Å². The summed E-state index contributed by atoms with van der Waals surface area (Å²) in [6.07, 6.45) is 0. The maximum absolute atomic E-state index is 6.31. The maximum atomic E-state index is 6.31. The van der Waals surface area contributed by atoms with E-state index in [9.17, 15) is 0 Å². The highest BCUT2D eigenvalue weighted by Crippen LogP contribution is 2.40. The van der Waals surface area contributed by atoms with Gasteiger partial charge in [-0.05, 0) is 35.4 Å². The van der Waals surface area contributed by atoms with E-state index in [0.29, 0.717) is 22.3 Å². The predicted molar refractivity (Wildman–Crippen MR) is 83.6 cm³/mol. The van der Waals surface area contributed by atoms with Gasteiger partial charge >= 0.3 is 0 Å². The topological polar surface area (TPSA) is 53.7 Å². The quantitative estimate of drug-likeness (QED) is 0.919. The number of rotatable bonds is 5. The molecule has 2 aromatic rings. The van der Waals surface area contributed by atoms with Crippen molar-refractivity contribution in [2.45, 2.75) is 6.04 Å². The Labute approximate surface area is 129 Å². The first kappa shape index (κ1) is 15.5. The van der Waals surface area contributed by atoms with Gasteiger partial charge in [0.2, 0.25) is 5.75 Å². The van der Waals surface area contributed by atoms with E-state index in [4.69, 9.17) is 31.5 Å². The molecule has 112 valence electrons. The third kappa shape index (κ3) is 3.23. The van der Waals surface area contributed by atoms with Crippen molar-refractivity contribution in [1.29, 1.82) is 0 Å². The highest BCUT2D eigenvalue weighted by molar-refractivity contribution is 6.30. The second kappa shape index (κ2) is 6.70. The van der Waals surface area contributed by atoms with E-state index in [1.54, 1.807) is 21.3 Å². The first-order valence-electron chi connectivity index (χ1n) is 6.41. The average Bonchev–Trinajstić information content (AvgIpc) is 2.53. The van der Waals surface area contributed by atoms with Crippen molar-refractivity contribution in [1.82, 2.24) is 0 Å². The highest BCUT2D eigenvalue weighted by atomic mass is 35.5. The zero-order valence-corrected chi connectivity index (χ0v) is 13.0. The minimum atomic E-state index is -0.309. The van der Waals surface area contributed by atoms with Crippen LogP contribution in [0.3, 0.4) is 0 Å². The van der Waals surface area contributed by atoms with Crippen LogP contribution in [-0.2, 0) is 0 Å². The number of ether oxygens (including phenoxy) is 3. The van der Waals surface area contributed by atoms with E-state index in [1.165, 1.54) is 0 Å². The fourth-order valence-corrected chi connectivity index (χ4v) is 2.27. The van der Waals surface area contributed by atoms with Crippen LogP contribution >= 0.6 is 11.6 Å². The van der Waals surface area contributed by atoms with Crippen molar-refractivity contribution in [2.24, 2.45) is 5.73 Å². The van der Waals surface area contributed by atoms with Crippen LogP contribution in [0.25, 0.3) is 0 Å². The van der Waals surface area contributed by atoms with Crippen LogP contribution in [-0.4, -0.2) is 21.3 Å². The monoisotopic (exact) mass is 307 g/mol. The van der Waals surface area contributed by atoms with Gasteiger partial charge in [0.15, 0.2) is 11.5 Å². The molecule has 0 saturated heterocycles. The Morgan fingerprint density at radius 1 is 0.857 bits per heavy atom. The molecule has 0 spiro atoms. The van der Waals surface area contributed by atoms with Gasteiger partial charge in [-0.1, -0.05) is 23.7 Å². The molecule has 2 aromatic carbocycles. The summed E-state index contributed by atoms with van der Waals surface area (Å²) in [6, 6.07) is 10.8. The van der Waals surface area contributed by atoms with Gasteiger partial charge in [-0.2, -0.15) is 0 Å². The number of hydrogen-bond acceptors (Lipinski definition) is 4. The molecule has 0 aliphatic rings. The van der Waals surface area contributed by atoms with Gasteiger partial charge in [0.1, 0.15) is 0 Å². The predicted octanol–water partition coefficient (Wildman–Crippen LogP) is 3.41. The lowest BCUT2D eigenvalue weighted by atomic mass is 9.99. The third-order valence-electron chi connectivity index (χ3n) is 3.28. The summed E-state index contributed by atoms with van der Waals surface area (Å²) in [6.45, 7) is 0. The fraction of sp³-hybridized carbons (Fsp3) is 0.250. The first-order valence-corrected chi connectivity index (χ1v) is 6.79. The minimum absolute atomic E-state index is 0.309. The molecule has 5 heteroatoms. The molecular weight excluding hydrogens is 290 g/mol. The molecule has 0 aromatic heterocycles. The van der Waals surface area contributed by atoms with E-state index in [2.05, 4.69) is 0 Å². The van der Waals surface area contributed by atoms with Crippen molar-refractivity contribution in [3.8, 4) is 17.2 Å². The van der Waals surface area contributed by atoms with Crippen LogP contribution < -0.4 is 19.9 Å².